The number of nitrogens with zero attached hydrogens (tertiary/aromatic N) is 1. The van der Waals surface area contributed by atoms with E-state index in [2.05, 4.69) is 10.3 Å². The summed E-state index contributed by atoms with van der Waals surface area (Å²) >= 11 is 5.87. The van der Waals surface area contributed by atoms with Crippen molar-refractivity contribution in [1.82, 2.24) is 4.98 Å². The third-order valence-corrected chi connectivity index (χ3v) is 3.78. The second kappa shape index (κ2) is 5.21. The summed E-state index contributed by atoms with van der Waals surface area (Å²) in [6.07, 6.45) is 5.32. The lowest BCUT2D eigenvalue weighted by Crippen LogP contribution is -2.15. The molecular weight excluding hydrogens is 264 g/mol. The monoisotopic (exact) mass is 278 g/mol. The van der Waals surface area contributed by atoms with Gasteiger partial charge in [0.1, 0.15) is 5.52 Å². The summed E-state index contributed by atoms with van der Waals surface area (Å²) < 4.78 is 5.46. The first kappa shape index (κ1) is 12.5. The lowest BCUT2D eigenvalue weighted by molar-refractivity contribution is -0.117. The smallest absolute Gasteiger partial charge is 0.302 e. The van der Waals surface area contributed by atoms with Crippen molar-refractivity contribution < 1.29 is 9.21 Å². The number of aromatic nitrogens is 1. The number of halogens is 1. The van der Waals surface area contributed by atoms with Crippen LogP contribution < -0.4 is 5.32 Å². The highest BCUT2D eigenvalue weighted by molar-refractivity contribution is 6.31. The molecule has 1 saturated carbocycles. The van der Waals surface area contributed by atoms with Gasteiger partial charge in [-0.15, -0.1) is 0 Å². The van der Waals surface area contributed by atoms with Gasteiger partial charge in [0.2, 0.25) is 5.91 Å². The van der Waals surface area contributed by atoms with E-state index in [1.54, 1.807) is 18.2 Å². The summed E-state index contributed by atoms with van der Waals surface area (Å²) in [6, 6.07) is 5.46. The van der Waals surface area contributed by atoms with Crippen molar-refractivity contribution in [3.63, 3.8) is 0 Å². The average molecular weight is 279 g/mol. The fraction of sp³-hybridized carbons (Fsp3) is 0.429. The van der Waals surface area contributed by atoms with Gasteiger partial charge in [0.15, 0.2) is 5.58 Å². The Morgan fingerprint density at radius 3 is 3.00 bits per heavy atom. The quantitative estimate of drug-likeness (QED) is 0.923. The van der Waals surface area contributed by atoms with Crippen molar-refractivity contribution in [3.8, 4) is 0 Å². The fourth-order valence-corrected chi connectivity index (χ4v) is 2.76. The van der Waals surface area contributed by atoms with Crippen LogP contribution in [0.5, 0.6) is 0 Å². The highest BCUT2D eigenvalue weighted by atomic mass is 35.5. The summed E-state index contributed by atoms with van der Waals surface area (Å²) in [5, 5.41) is 3.31. The normalized spacial score (nSPS) is 16.1. The molecule has 4 nitrogen and oxygen atoms in total. The molecule has 0 aliphatic heterocycles. The van der Waals surface area contributed by atoms with Gasteiger partial charge >= 0.3 is 6.01 Å². The predicted octanol–water partition coefficient (Wildman–Crippen LogP) is 4.00. The molecule has 19 heavy (non-hydrogen) atoms. The summed E-state index contributed by atoms with van der Waals surface area (Å²) in [5.41, 5.74) is 1.28. The van der Waals surface area contributed by atoms with Gasteiger partial charge in [-0.3, -0.25) is 10.1 Å². The van der Waals surface area contributed by atoms with Crippen LogP contribution in [0.3, 0.4) is 0 Å². The largest absolute Gasteiger partial charge is 0.423 e. The zero-order chi connectivity index (χ0) is 13.2. The maximum Gasteiger partial charge on any atom is 0.302 e. The molecule has 1 fully saturated rings. The topological polar surface area (TPSA) is 55.1 Å². The first-order chi connectivity index (χ1) is 9.20. The molecule has 0 spiro atoms. The molecule has 1 aliphatic carbocycles. The zero-order valence-corrected chi connectivity index (χ0v) is 11.2. The van der Waals surface area contributed by atoms with Crippen LogP contribution in [0.4, 0.5) is 6.01 Å². The first-order valence-corrected chi connectivity index (χ1v) is 6.94. The third-order valence-electron chi connectivity index (χ3n) is 3.55. The summed E-state index contributed by atoms with van der Waals surface area (Å²) in [5.74, 6) is 0.489. The molecule has 0 radical (unpaired) electrons. The van der Waals surface area contributed by atoms with Gasteiger partial charge in [-0.25, -0.2) is 0 Å². The summed E-state index contributed by atoms with van der Waals surface area (Å²) in [7, 11) is 0. The number of fused-ring (bicyclic) bond motifs is 1. The van der Waals surface area contributed by atoms with Crippen LogP contribution in [0.15, 0.2) is 22.6 Å². The molecule has 0 atom stereocenters. The Balaban J connectivity index is 1.68. The van der Waals surface area contributed by atoms with E-state index in [4.69, 9.17) is 16.0 Å². The van der Waals surface area contributed by atoms with Crippen molar-refractivity contribution in [1.29, 1.82) is 0 Å². The molecule has 5 heteroatoms. The van der Waals surface area contributed by atoms with Crippen LogP contribution in [0.1, 0.15) is 32.1 Å². The van der Waals surface area contributed by atoms with Gasteiger partial charge < -0.3 is 4.42 Å². The molecule has 100 valence electrons. The minimum atomic E-state index is -0.0236. The molecule has 3 rings (SSSR count). The van der Waals surface area contributed by atoms with Crippen molar-refractivity contribution in [3.05, 3.63) is 23.2 Å². The molecule has 1 aromatic carbocycles. The van der Waals surface area contributed by atoms with Crippen molar-refractivity contribution in [2.45, 2.75) is 32.1 Å². The number of rotatable bonds is 3. The first-order valence-electron chi connectivity index (χ1n) is 6.56. The van der Waals surface area contributed by atoms with Crippen molar-refractivity contribution >= 4 is 34.6 Å². The molecule has 1 amide bonds. The van der Waals surface area contributed by atoms with E-state index in [-0.39, 0.29) is 11.9 Å². The second-order valence-electron chi connectivity index (χ2n) is 5.03. The number of hydrogen-bond donors (Lipinski definition) is 1. The molecular formula is C14H15ClN2O2. The van der Waals surface area contributed by atoms with Crippen LogP contribution >= 0.6 is 11.6 Å². The Bertz CT molecular complexity index is 603. The number of carbonyl (C=O) groups is 1. The predicted molar refractivity (Wildman–Crippen MR) is 74.2 cm³/mol. The molecule has 2 aromatic rings. The highest BCUT2D eigenvalue weighted by Crippen LogP contribution is 2.28. The molecule has 1 N–H and O–H groups in total. The maximum absolute atomic E-state index is 11.9. The van der Waals surface area contributed by atoms with Crippen molar-refractivity contribution in [2.75, 3.05) is 5.32 Å². The van der Waals surface area contributed by atoms with Gasteiger partial charge in [0.25, 0.3) is 0 Å². The maximum atomic E-state index is 11.9. The number of oxazole rings is 1. The average Bonchev–Trinajstić information content (AvgIpc) is 2.97. The number of carbonyl (C=O) groups excluding carboxylic acids is 1. The lowest BCUT2D eigenvalue weighted by atomic mass is 10.0. The van der Waals surface area contributed by atoms with E-state index >= 15 is 0 Å². The zero-order valence-electron chi connectivity index (χ0n) is 10.5. The SMILES string of the molecule is O=C(CC1CCCC1)Nc1nc2ccc(Cl)cc2o1. The number of hydrogen-bond acceptors (Lipinski definition) is 3. The van der Waals surface area contributed by atoms with E-state index in [9.17, 15) is 4.79 Å². The van der Waals surface area contributed by atoms with Crippen LogP contribution in [-0.4, -0.2) is 10.9 Å². The van der Waals surface area contributed by atoms with Gasteiger partial charge in [0.05, 0.1) is 0 Å². The van der Waals surface area contributed by atoms with Gasteiger partial charge in [-0.05, 0) is 30.9 Å². The Labute approximate surface area is 116 Å². The minimum Gasteiger partial charge on any atom is -0.423 e. The van der Waals surface area contributed by atoms with Gasteiger partial charge in [0, 0.05) is 17.5 Å². The van der Waals surface area contributed by atoms with E-state index in [1.807, 2.05) is 0 Å². The number of nitrogens with one attached hydrogen (secondary N) is 1. The third kappa shape index (κ3) is 2.89. The van der Waals surface area contributed by atoms with Gasteiger partial charge in [-0.1, -0.05) is 24.4 Å². The highest BCUT2D eigenvalue weighted by Gasteiger charge is 2.19. The molecule has 1 heterocycles. The second-order valence-corrected chi connectivity index (χ2v) is 5.47. The van der Waals surface area contributed by atoms with E-state index in [0.29, 0.717) is 28.5 Å². The number of anilines is 1. The van der Waals surface area contributed by atoms with Crippen LogP contribution in [-0.2, 0) is 4.79 Å². The van der Waals surface area contributed by atoms with E-state index in [1.165, 1.54) is 12.8 Å². The standard InChI is InChI=1S/C14H15ClN2O2/c15-10-5-6-11-12(8-10)19-14(16-11)17-13(18)7-9-3-1-2-4-9/h5-6,8-9H,1-4,7H2,(H,16,17,18). The Morgan fingerprint density at radius 1 is 1.42 bits per heavy atom. The van der Waals surface area contributed by atoms with Gasteiger partial charge in [-0.2, -0.15) is 4.98 Å². The molecule has 1 aromatic heterocycles. The number of amides is 1. The Morgan fingerprint density at radius 2 is 2.21 bits per heavy atom. The Kier molecular flexibility index (Phi) is 3.42. The lowest BCUT2D eigenvalue weighted by Gasteiger charge is -2.06. The molecule has 0 unspecified atom stereocenters. The van der Waals surface area contributed by atoms with Crippen LogP contribution in [0.2, 0.25) is 5.02 Å². The molecule has 1 aliphatic rings. The Hall–Kier alpha value is -1.55. The van der Waals surface area contributed by atoms with Crippen LogP contribution in [0.25, 0.3) is 11.1 Å². The number of benzene rings is 1. The molecule has 0 saturated heterocycles. The molecule has 0 bridgehead atoms. The van der Waals surface area contributed by atoms with Crippen LogP contribution in [0, 0.1) is 5.92 Å². The fourth-order valence-electron chi connectivity index (χ4n) is 2.60. The summed E-state index contributed by atoms with van der Waals surface area (Å²) in [6.45, 7) is 0. The summed E-state index contributed by atoms with van der Waals surface area (Å²) in [4.78, 5) is 16.1. The van der Waals surface area contributed by atoms with E-state index < -0.39 is 0 Å². The van der Waals surface area contributed by atoms with Crippen molar-refractivity contribution in [2.24, 2.45) is 5.92 Å². The van der Waals surface area contributed by atoms with E-state index in [0.717, 1.165) is 12.8 Å². The minimum absolute atomic E-state index is 0.0236.